The molecule has 1 aliphatic heterocycles. The van der Waals surface area contributed by atoms with Crippen LogP contribution in [-0.2, 0) is 11.3 Å². The van der Waals surface area contributed by atoms with Crippen molar-refractivity contribution in [1.82, 2.24) is 5.32 Å². The summed E-state index contributed by atoms with van der Waals surface area (Å²) in [7, 11) is 0. The number of hydrogen-bond acceptors (Lipinski definition) is 2. The summed E-state index contributed by atoms with van der Waals surface area (Å²) >= 11 is 12.2. The molecule has 0 amide bonds. The Labute approximate surface area is 112 Å². The molecule has 2 rings (SSSR count). The third-order valence-corrected chi connectivity index (χ3v) is 3.76. The lowest BCUT2D eigenvalue weighted by Crippen LogP contribution is -2.29. The second-order valence-corrected chi connectivity index (χ2v) is 5.23. The Kier molecular flexibility index (Phi) is 5.11. The molecule has 1 atom stereocenters. The number of halogens is 2. The van der Waals surface area contributed by atoms with Crippen LogP contribution < -0.4 is 5.32 Å². The normalized spacial score (nSPS) is 20.5. The lowest BCUT2D eigenvalue weighted by Gasteiger charge is -2.22. The maximum atomic E-state index is 6.10. The lowest BCUT2D eigenvalue weighted by molar-refractivity contribution is 0.0547. The third kappa shape index (κ3) is 3.85. The summed E-state index contributed by atoms with van der Waals surface area (Å²) in [6.45, 7) is 3.45. The van der Waals surface area contributed by atoms with Crippen LogP contribution in [0.25, 0.3) is 0 Å². The van der Waals surface area contributed by atoms with Crippen LogP contribution in [0.1, 0.15) is 18.4 Å². The van der Waals surface area contributed by atoms with Gasteiger partial charge in [-0.2, -0.15) is 0 Å². The summed E-state index contributed by atoms with van der Waals surface area (Å²) in [6, 6.07) is 5.60. The minimum absolute atomic E-state index is 0.616. The molecule has 1 aliphatic rings. The van der Waals surface area contributed by atoms with Gasteiger partial charge in [0.1, 0.15) is 0 Å². The summed E-state index contributed by atoms with van der Waals surface area (Å²) in [5, 5.41) is 4.86. The first-order chi connectivity index (χ1) is 8.27. The number of rotatable bonds is 4. The Morgan fingerprint density at radius 2 is 2.06 bits per heavy atom. The molecule has 0 bridgehead atoms. The van der Waals surface area contributed by atoms with Crippen molar-refractivity contribution >= 4 is 23.2 Å². The Hall–Kier alpha value is -0.280. The van der Waals surface area contributed by atoms with E-state index in [0.717, 1.165) is 41.9 Å². The van der Waals surface area contributed by atoms with E-state index in [4.69, 9.17) is 27.9 Å². The van der Waals surface area contributed by atoms with Crippen molar-refractivity contribution in [2.45, 2.75) is 19.4 Å². The molecule has 0 radical (unpaired) electrons. The average Bonchev–Trinajstić information content (AvgIpc) is 2.34. The van der Waals surface area contributed by atoms with Crippen LogP contribution in [0.4, 0.5) is 0 Å². The first-order valence-electron chi connectivity index (χ1n) is 5.98. The van der Waals surface area contributed by atoms with E-state index in [9.17, 15) is 0 Å². The van der Waals surface area contributed by atoms with Crippen molar-refractivity contribution in [2.24, 2.45) is 5.92 Å². The quantitative estimate of drug-likeness (QED) is 0.907. The van der Waals surface area contributed by atoms with Crippen LogP contribution in [-0.4, -0.2) is 19.8 Å². The third-order valence-electron chi connectivity index (χ3n) is 3.05. The van der Waals surface area contributed by atoms with E-state index in [1.807, 2.05) is 18.2 Å². The molecule has 4 heteroatoms. The summed E-state index contributed by atoms with van der Waals surface area (Å²) in [5.74, 6) is 0.616. The van der Waals surface area contributed by atoms with Crippen LogP contribution >= 0.6 is 23.2 Å². The molecule has 0 saturated carbocycles. The highest BCUT2D eigenvalue weighted by atomic mass is 35.5. The number of nitrogens with one attached hydrogen (secondary N) is 1. The van der Waals surface area contributed by atoms with Gasteiger partial charge in [-0.15, -0.1) is 0 Å². The summed E-state index contributed by atoms with van der Waals surface area (Å²) < 4.78 is 5.44. The smallest absolute Gasteiger partial charge is 0.0506 e. The SMILES string of the molecule is Clc1cccc(Cl)c1CNCC1CCCOC1. The Morgan fingerprint density at radius 1 is 1.29 bits per heavy atom. The number of ether oxygens (including phenoxy) is 1. The molecule has 0 spiro atoms. The monoisotopic (exact) mass is 273 g/mol. The van der Waals surface area contributed by atoms with Crippen LogP contribution in [0.15, 0.2) is 18.2 Å². The highest BCUT2D eigenvalue weighted by Gasteiger charge is 2.13. The molecule has 1 saturated heterocycles. The number of hydrogen-bond donors (Lipinski definition) is 1. The van der Waals surface area contributed by atoms with Gasteiger partial charge >= 0.3 is 0 Å². The molecule has 0 aliphatic carbocycles. The molecule has 94 valence electrons. The molecule has 2 nitrogen and oxygen atoms in total. The van der Waals surface area contributed by atoms with E-state index in [0.29, 0.717) is 5.92 Å². The van der Waals surface area contributed by atoms with E-state index < -0.39 is 0 Å². The summed E-state index contributed by atoms with van der Waals surface area (Å²) in [6.07, 6.45) is 2.41. The van der Waals surface area contributed by atoms with E-state index >= 15 is 0 Å². The van der Waals surface area contributed by atoms with Crippen LogP contribution in [0.5, 0.6) is 0 Å². The average molecular weight is 274 g/mol. The van der Waals surface area contributed by atoms with Gasteiger partial charge < -0.3 is 10.1 Å². The van der Waals surface area contributed by atoms with Gasteiger partial charge in [0.15, 0.2) is 0 Å². The second-order valence-electron chi connectivity index (χ2n) is 4.41. The van der Waals surface area contributed by atoms with E-state index in [1.165, 1.54) is 12.8 Å². The lowest BCUT2D eigenvalue weighted by atomic mass is 10.0. The molecule has 1 heterocycles. The Bertz CT molecular complexity index is 344. The standard InChI is InChI=1S/C13H17Cl2NO/c14-12-4-1-5-13(15)11(12)8-16-7-10-3-2-6-17-9-10/h1,4-5,10,16H,2-3,6-9H2. The minimum Gasteiger partial charge on any atom is -0.381 e. The Morgan fingerprint density at radius 3 is 2.71 bits per heavy atom. The van der Waals surface area contributed by atoms with Gasteiger partial charge in [0.05, 0.1) is 6.61 Å². The highest BCUT2D eigenvalue weighted by molar-refractivity contribution is 6.35. The zero-order valence-corrected chi connectivity index (χ0v) is 11.2. The van der Waals surface area contributed by atoms with Gasteiger partial charge in [-0.1, -0.05) is 29.3 Å². The van der Waals surface area contributed by atoms with Gasteiger partial charge in [0, 0.05) is 35.3 Å². The summed E-state index contributed by atoms with van der Waals surface area (Å²) in [5.41, 5.74) is 0.979. The topological polar surface area (TPSA) is 21.3 Å². The minimum atomic E-state index is 0.616. The first-order valence-corrected chi connectivity index (χ1v) is 6.74. The van der Waals surface area contributed by atoms with E-state index in [-0.39, 0.29) is 0 Å². The molecular formula is C13H17Cl2NO. The molecule has 1 N–H and O–H groups in total. The molecule has 1 aromatic carbocycles. The van der Waals surface area contributed by atoms with Gasteiger partial charge in [0.25, 0.3) is 0 Å². The van der Waals surface area contributed by atoms with Gasteiger partial charge in [-0.05, 0) is 30.9 Å². The van der Waals surface area contributed by atoms with Crippen LogP contribution in [0, 0.1) is 5.92 Å². The van der Waals surface area contributed by atoms with Crippen LogP contribution in [0.3, 0.4) is 0 Å². The van der Waals surface area contributed by atoms with Gasteiger partial charge in [-0.3, -0.25) is 0 Å². The predicted molar refractivity (Wildman–Crippen MR) is 71.7 cm³/mol. The fourth-order valence-corrected chi connectivity index (χ4v) is 2.60. The fourth-order valence-electron chi connectivity index (χ4n) is 2.07. The van der Waals surface area contributed by atoms with Crippen molar-refractivity contribution in [3.05, 3.63) is 33.8 Å². The highest BCUT2D eigenvalue weighted by Crippen LogP contribution is 2.24. The predicted octanol–water partition coefficient (Wildman–Crippen LogP) is 3.51. The largest absolute Gasteiger partial charge is 0.381 e. The molecule has 17 heavy (non-hydrogen) atoms. The maximum Gasteiger partial charge on any atom is 0.0506 e. The zero-order chi connectivity index (χ0) is 12.1. The maximum absolute atomic E-state index is 6.10. The molecule has 1 aromatic rings. The van der Waals surface area contributed by atoms with Gasteiger partial charge in [0.2, 0.25) is 0 Å². The second kappa shape index (κ2) is 6.60. The van der Waals surface area contributed by atoms with Crippen molar-refractivity contribution in [2.75, 3.05) is 19.8 Å². The van der Waals surface area contributed by atoms with Gasteiger partial charge in [-0.25, -0.2) is 0 Å². The van der Waals surface area contributed by atoms with E-state index in [1.54, 1.807) is 0 Å². The van der Waals surface area contributed by atoms with Crippen molar-refractivity contribution < 1.29 is 4.74 Å². The van der Waals surface area contributed by atoms with Crippen molar-refractivity contribution in [3.63, 3.8) is 0 Å². The number of benzene rings is 1. The Balaban J connectivity index is 1.81. The fraction of sp³-hybridized carbons (Fsp3) is 0.538. The molecule has 1 unspecified atom stereocenters. The summed E-state index contributed by atoms with van der Waals surface area (Å²) in [4.78, 5) is 0. The zero-order valence-electron chi connectivity index (χ0n) is 9.72. The molecule has 1 fully saturated rings. The van der Waals surface area contributed by atoms with Crippen LogP contribution in [0.2, 0.25) is 10.0 Å². The van der Waals surface area contributed by atoms with Crippen molar-refractivity contribution in [3.8, 4) is 0 Å². The molecule has 0 aromatic heterocycles. The first kappa shape index (κ1) is 13.2. The molecular weight excluding hydrogens is 257 g/mol. The van der Waals surface area contributed by atoms with Crippen molar-refractivity contribution in [1.29, 1.82) is 0 Å². The van der Waals surface area contributed by atoms with E-state index in [2.05, 4.69) is 5.32 Å².